The van der Waals surface area contributed by atoms with Crippen molar-refractivity contribution in [1.29, 1.82) is 0 Å². The van der Waals surface area contributed by atoms with Crippen molar-refractivity contribution in [2.24, 2.45) is 0 Å². The Hall–Kier alpha value is -1.82. The molecule has 0 aromatic carbocycles. The number of methoxy groups -OCH3 is 1. The molecule has 0 radical (unpaired) electrons. The van der Waals surface area contributed by atoms with E-state index < -0.39 is 5.97 Å². The normalized spacial score (nSPS) is 16.1. The highest BCUT2D eigenvalue weighted by molar-refractivity contribution is 5.95. The van der Waals surface area contributed by atoms with E-state index in [0.717, 1.165) is 31.9 Å². The first kappa shape index (κ1) is 13.6. The van der Waals surface area contributed by atoms with Gasteiger partial charge in [0.05, 0.1) is 24.6 Å². The number of nitrogen functional groups attached to an aromatic ring is 1. The van der Waals surface area contributed by atoms with E-state index in [0.29, 0.717) is 17.3 Å². The topological polar surface area (TPSA) is 77.7 Å². The Balaban J connectivity index is 2.21. The van der Waals surface area contributed by atoms with Crippen LogP contribution < -0.4 is 10.6 Å². The van der Waals surface area contributed by atoms with Crippen LogP contribution in [0.1, 0.15) is 23.2 Å². The zero-order valence-corrected chi connectivity index (χ0v) is 11.3. The molecule has 0 unspecified atom stereocenters. The van der Waals surface area contributed by atoms with Crippen molar-refractivity contribution in [3.8, 4) is 0 Å². The number of carbonyl (C=O) groups excluding carboxylic acids is 1. The summed E-state index contributed by atoms with van der Waals surface area (Å²) < 4.78 is 10.1. The molecule has 0 aliphatic carbocycles. The van der Waals surface area contributed by atoms with Gasteiger partial charge in [0.15, 0.2) is 0 Å². The third-order valence-corrected chi connectivity index (χ3v) is 3.43. The number of ether oxygens (including phenoxy) is 2. The lowest BCUT2D eigenvalue weighted by atomic mass is 10.1. The minimum absolute atomic E-state index is 0.330. The van der Waals surface area contributed by atoms with Crippen molar-refractivity contribution in [3.63, 3.8) is 0 Å². The molecule has 1 aromatic rings. The van der Waals surface area contributed by atoms with Gasteiger partial charge in [0.25, 0.3) is 0 Å². The van der Waals surface area contributed by atoms with Crippen molar-refractivity contribution in [3.05, 3.63) is 17.8 Å². The molecule has 6 heteroatoms. The van der Waals surface area contributed by atoms with Crippen LogP contribution in [0.15, 0.2) is 12.3 Å². The maximum atomic E-state index is 11.6. The van der Waals surface area contributed by atoms with Gasteiger partial charge in [0.1, 0.15) is 5.82 Å². The second-order valence-corrected chi connectivity index (χ2v) is 4.58. The van der Waals surface area contributed by atoms with Crippen LogP contribution in [0, 0.1) is 0 Å². The number of aromatic nitrogens is 1. The van der Waals surface area contributed by atoms with Crippen LogP contribution in [0.25, 0.3) is 0 Å². The summed E-state index contributed by atoms with van der Waals surface area (Å²) in [4.78, 5) is 18.0. The predicted octanol–water partition coefficient (Wildman–Crippen LogP) is 1.07. The molecule has 19 heavy (non-hydrogen) atoms. The fraction of sp³-hybridized carbons (Fsp3) is 0.538. The Bertz CT molecular complexity index is 458. The van der Waals surface area contributed by atoms with Gasteiger partial charge in [-0.2, -0.15) is 0 Å². The summed E-state index contributed by atoms with van der Waals surface area (Å²) >= 11 is 0. The van der Waals surface area contributed by atoms with E-state index in [-0.39, 0.29) is 0 Å². The van der Waals surface area contributed by atoms with E-state index in [1.165, 1.54) is 13.3 Å². The highest BCUT2D eigenvalue weighted by Crippen LogP contribution is 2.23. The summed E-state index contributed by atoms with van der Waals surface area (Å²) in [6, 6.07) is 2.05. The first-order chi connectivity index (χ1) is 9.13. The fourth-order valence-corrected chi connectivity index (χ4v) is 2.19. The molecule has 1 saturated heterocycles. The van der Waals surface area contributed by atoms with Gasteiger partial charge >= 0.3 is 5.97 Å². The second kappa shape index (κ2) is 5.88. The van der Waals surface area contributed by atoms with Gasteiger partial charge in [0, 0.05) is 26.3 Å². The number of rotatable bonds is 3. The van der Waals surface area contributed by atoms with Crippen LogP contribution >= 0.6 is 0 Å². The molecule has 1 aromatic heterocycles. The average molecular weight is 265 g/mol. The smallest absolute Gasteiger partial charge is 0.340 e. The van der Waals surface area contributed by atoms with Gasteiger partial charge < -0.3 is 20.1 Å². The monoisotopic (exact) mass is 265 g/mol. The molecule has 2 rings (SSSR count). The molecule has 0 spiro atoms. The molecule has 0 amide bonds. The van der Waals surface area contributed by atoms with E-state index in [4.69, 9.17) is 15.2 Å². The fourth-order valence-electron chi connectivity index (χ4n) is 2.19. The number of pyridine rings is 1. The Labute approximate surface area is 112 Å². The quantitative estimate of drug-likeness (QED) is 0.824. The van der Waals surface area contributed by atoms with Crippen molar-refractivity contribution < 1.29 is 14.3 Å². The molecule has 0 saturated carbocycles. The highest BCUT2D eigenvalue weighted by atomic mass is 16.5. The second-order valence-electron chi connectivity index (χ2n) is 4.58. The summed E-state index contributed by atoms with van der Waals surface area (Å²) in [6.45, 7) is 1.52. The molecule has 1 fully saturated rings. The molecule has 104 valence electrons. The summed E-state index contributed by atoms with van der Waals surface area (Å²) in [5, 5.41) is 0. The number of hydrogen-bond donors (Lipinski definition) is 1. The number of nitrogens with zero attached hydrogens (tertiary/aromatic N) is 2. The molecule has 2 N–H and O–H groups in total. The first-order valence-corrected chi connectivity index (χ1v) is 6.28. The Morgan fingerprint density at radius 3 is 2.84 bits per heavy atom. The van der Waals surface area contributed by atoms with E-state index in [9.17, 15) is 4.79 Å². The molecular weight excluding hydrogens is 246 g/mol. The van der Waals surface area contributed by atoms with Crippen molar-refractivity contribution in [2.75, 3.05) is 38.0 Å². The van der Waals surface area contributed by atoms with Crippen LogP contribution in [0.5, 0.6) is 0 Å². The standard InChI is InChI=1S/C13H19N3O3/c1-16(9-3-5-19-6-4-9)12-7-10(13(17)18-2)11(14)8-15-12/h7-9H,3-6,14H2,1-2H3. The van der Waals surface area contributed by atoms with E-state index in [1.54, 1.807) is 6.07 Å². The molecule has 2 heterocycles. The van der Waals surface area contributed by atoms with Gasteiger partial charge in [0.2, 0.25) is 0 Å². The largest absolute Gasteiger partial charge is 0.465 e. The summed E-state index contributed by atoms with van der Waals surface area (Å²) in [5.41, 5.74) is 6.43. The first-order valence-electron chi connectivity index (χ1n) is 6.28. The van der Waals surface area contributed by atoms with Gasteiger partial charge in [-0.25, -0.2) is 9.78 Å². The van der Waals surface area contributed by atoms with Crippen molar-refractivity contribution in [2.45, 2.75) is 18.9 Å². The van der Waals surface area contributed by atoms with E-state index >= 15 is 0 Å². The van der Waals surface area contributed by atoms with Gasteiger partial charge in [-0.3, -0.25) is 0 Å². The number of anilines is 2. The Morgan fingerprint density at radius 2 is 2.21 bits per heavy atom. The maximum Gasteiger partial charge on any atom is 0.340 e. The molecule has 6 nitrogen and oxygen atoms in total. The molecule has 1 aliphatic heterocycles. The van der Waals surface area contributed by atoms with Crippen LogP contribution in [0.2, 0.25) is 0 Å². The third-order valence-electron chi connectivity index (χ3n) is 3.43. The highest BCUT2D eigenvalue weighted by Gasteiger charge is 2.21. The number of nitrogens with two attached hydrogens (primary N) is 1. The zero-order valence-electron chi connectivity index (χ0n) is 11.3. The van der Waals surface area contributed by atoms with E-state index in [2.05, 4.69) is 9.88 Å². The minimum atomic E-state index is -0.443. The lowest BCUT2D eigenvalue weighted by Crippen LogP contribution is -2.37. The minimum Gasteiger partial charge on any atom is -0.465 e. The van der Waals surface area contributed by atoms with Crippen LogP contribution in [0.3, 0.4) is 0 Å². The van der Waals surface area contributed by atoms with Crippen molar-refractivity contribution in [1.82, 2.24) is 4.98 Å². The molecule has 1 aliphatic rings. The number of carbonyl (C=O) groups is 1. The summed E-state index contributed by atoms with van der Waals surface area (Å²) in [7, 11) is 3.31. The zero-order chi connectivity index (χ0) is 13.8. The van der Waals surface area contributed by atoms with Crippen molar-refractivity contribution >= 4 is 17.5 Å². The van der Waals surface area contributed by atoms with Gasteiger partial charge in [-0.05, 0) is 18.9 Å². The van der Waals surface area contributed by atoms with Gasteiger partial charge in [-0.1, -0.05) is 0 Å². The average Bonchev–Trinajstić information content (AvgIpc) is 2.47. The summed E-state index contributed by atoms with van der Waals surface area (Å²) in [6.07, 6.45) is 3.41. The lowest BCUT2D eigenvalue weighted by molar-refractivity contribution is 0.0601. The SMILES string of the molecule is COC(=O)c1cc(N(C)C2CCOCC2)ncc1N. The Kier molecular flexibility index (Phi) is 4.21. The Morgan fingerprint density at radius 1 is 1.53 bits per heavy atom. The number of esters is 1. The maximum absolute atomic E-state index is 11.6. The van der Waals surface area contributed by atoms with Gasteiger partial charge in [-0.15, -0.1) is 0 Å². The summed E-state index contributed by atoms with van der Waals surface area (Å²) in [5.74, 6) is 0.281. The molecule has 0 bridgehead atoms. The molecule has 0 atom stereocenters. The van der Waals surface area contributed by atoms with E-state index in [1.807, 2.05) is 7.05 Å². The van der Waals surface area contributed by atoms with Crippen LogP contribution in [0.4, 0.5) is 11.5 Å². The van der Waals surface area contributed by atoms with Crippen LogP contribution in [-0.4, -0.2) is 44.4 Å². The number of hydrogen-bond acceptors (Lipinski definition) is 6. The van der Waals surface area contributed by atoms with Crippen LogP contribution in [-0.2, 0) is 9.47 Å². The lowest BCUT2D eigenvalue weighted by Gasteiger charge is -2.32. The third kappa shape index (κ3) is 2.96. The predicted molar refractivity (Wildman–Crippen MR) is 72.2 cm³/mol. The molecular formula is C13H19N3O3.